The molecule has 4 nitrogen and oxygen atoms in total. The van der Waals surface area contributed by atoms with Crippen molar-refractivity contribution < 1.29 is 14.6 Å². The van der Waals surface area contributed by atoms with Crippen LogP contribution in [0.1, 0.15) is 38.2 Å². The Bertz CT molecular complexity index is 484. The first kappa shape index (κ1) is 16.3. The average molecular weight is 356 g/mol. The number of carbonyl (C=O) groups is 1. The highest BCUT2D eigenvalue weighted by atomic mass is 79.9. The van der Waals surface area contributed by atoms with Gasteiger partial charge in [0.1, 0.15) is 5.75 Å². The maximum Gasteiger partial charge on any atom is 0.308 e. The molecule has 0 spiro atoms. The minimum Gasteiger partial charge on any atom is -0.507 e. The topological polar surface area (TPSA) is 58.6 Å². The van der Waals surface area contributed by atoms with E-state index in [1.54, 1.807) is 6.07 Å². The summed E-state index contributed by atoms with van der Waals surface area (Å²) in [6.45, 7) is 3.08. The highest BCUT2D eigenvalue weighted by Crippen LogP contribution is 2.27. The van der Waals surface area contributed by atoms with Crippen LogP contribution in [0.3, 0.4) is 0 Å². The van der Waals surface area contributed by atoms with E-state index in [4.69, 9.17) is 4.74 Å². The number of ether oxygens (including phenoxy) is 1. The zero-order chi connectivity index (χ0) is 15.2. The lowest BCUT2D eigenvalue weighted by Gasteiger charge is -2.28. The monoisotopic (exact) mass is 355 g/mol. The molecule has 1 aromatic rings. The number of phenols is 1. The molecule has 1 aliphatic rings. The van der Waals surface area contributed by atoms with Crippen LogP contribution in [0.4, 0.5) is 0 Å². The number of benzene rings is 1. The van der Waals surface area contributed by atoms with Gasteiger partial charge < -0.3 is 15.2 Å². The molecule has 0 saturated heterocycles. The number of hydrogen-bond donors (Lipinski definition) is 2. The van der Waals surface area contributed by atoms with Gasteiger partial charge in [0.15, 0.2) is 0 Å². The van der Waals surface area contributed by atoms with E-state index in [-0.39, 0.29) is 17.6 Å². The van der Waals surface area contributed by atoms with Gasteiger partial charge >= 0.3 is 5.97 Å². The quantitative estimate of drug-likeness (QED) is 0.795. The third kappa shape index (κ3) is 4.71. The number of nitrogens with one attached hydrogen (secondary N) is 1. The summed E-state index contributed by atoms with van der Waals surface area (Å²) >= 11 is 3.32. The summed E-state index contributed by atoms with van der Waals surface area (Å²) in [4.78, 5) is 11.7. The van der Waals surface area contributed by atoms with Crippen molar-refractivity contribution in [2.24, 2.45) is 5.92 Å². The Morgan fingerprint density at radius 3 is 2.71 bits per heavy atom. The maximum absolute atomic E-state index is 11.7. The zero-order valence-corrected chi connectivity index (χ0v) is 13.9. The molecule has 0 amide bonds. The van der Waals surface area contributed by atoms with Gasteiger partial charge in [-0.3, -0.25) is 4.79 Å². The highest BCUT2D eigenvalue weighted by molar-refractivity contribution is 9.10. The van der Waals surface area contributed by atoms with Crippen LogP contribution >= 0.6 is 15.9 Å². The minimum atomic E-state index is -0.0431. The summed E-state index contributed by atoms with van der Waals surface area (Å²) in [5.74, 6) is 0.290. The molecular formula is C16H22BrNO3. The number of halogens is 1. The van der Waals surface area contributed by atoms with Crippen molar-refractivity contribution in [3.8, 4) is 5.75 Å². The molecular weight excluding hydrogens is 334 g/mol. The van der Waals surface area contributed by atoms with E-state index < -0.39 is 0 Å². The Morgan fingerprint density at radius 1 is 1.38 bits per heavy atom. The Balaban J connectivity index is 1.76. The Labute approximate surface area is 134 Å². The van der Waals surface area contributed by atoms with Gasteiger partial charge in [0.05, 0.1) is 17.0 Å². The Hall–Kier alpha value is -1.07. The molecule has 0 aromatic heterocycles. The van der Waals surface area contributed by atoms with Crippen molar-refractivity contribution >= 4 is 21.9 Å². The number of phenolic OH excluding ortho intramolecular Hbond substituents is 1. The first-order chi connectivity index (χ1) is 10.1. The molecule has 2 N–H and O–H groups in total. The number of aromatic hydroxyl groups is 1. The molecule has 1 aromatic carbocycles. The number of carbonyl (C=O) groups excluding carboxylic acids is 1. The molecule has 0 bridgehead atoms. The lowest BCUT2D eigenvalue weighted by molar-refractivity contribution is -0.149. The molecule has 1 fully saturated rings. The van der Waals surface area contributed by atoms with Crippen LogP contribution in [0, 0.1) is 5.92 Å². The Kier molecular flexibility index (Phi) is 6.06. The summed E-state index contributed by atoms with van der Waals surface area (Å²) in [5, 5.41) is 13.0. The van der Waals surface area contributed by atoms with E-state index in [1.807, 2.05) is 19.1 Å². The van der Waals surface area contributed by atoms with Crippen molar-refractivity contribution in [2.45, 2.75) is 45.2 Å². The van der Waals surface area contributed by atoms with E-state index in [2.05, 4.69) is 21.2 Å². The summed E-state index contributed by atoms with van der Waals surface area (Å²) in [7, 11) is 0. The van der Waals surface area contributed by atoms with Gasteiger partial charge in [0, 0.05) is 12.6 Å². The number of rotatable bonds is 5. The fourth-order valence-electron chi connectivity index (χ4n) is 2.72. The fourth-order valence-corrected chi connectivity index (χ4v) is 3.14. The van der Waals surface area contributed by atoms with Crippen LogP contribution in [0.5, 0.6) is 5.75 Å². The summed E-state index contributed by atoms with van der Waals surface area (Å²) in [6.07, 6.45) is 3.80. The Morgan fingerprint density at radius 2 is 2.10 bits per heavy atom. The normalized spacial score (nSPS) is 22.0. The van der Waals surface area contributed by atoms with E-state index in [0.29, 0.717) is 17.1 Å². The fraction of sp³-hybridized carbons (Fsp3) is 0.562. The minimum absolute atomic E-state index is 0.0431. The van der Waals surface area contributed by atoms with Crippen LogP contribution in [0.15, 0.2) is 22.7 Å². The zero-order valence-electron chi connectivity index (χ0n) is 12.3. The lowest BCUT2D eigenvalue weighted by atomic mass is 9.86. The molecule has 2 rings (SSSR count). The molecule has 0 aliphatic heterocycles. The van der Waals surface area contributed by atoms with E-state index in [1.165, 1.54) is 0 Å². The van der Waals surface area contributed by atoms with Crippen molar-refractivity contribution in [1.82, 2.24) is 5.32 Å². The van der Waals surface area contributed by atoms with Crippen molar-refractivity contribution in [1.29, 1.82) is 0 Å². The van der Waals surface area contributed by atoms with E-state index >= 15 is 0 Å². The van der Waals surface area contributed by atoms with Gasteiger partial charge in [0.2, 0.25) is 0 Å². The van der Waals surface area contributed by atoms with Gasteiger partial charge in [-0.1, -0.05) is 6.07 Å². The molecule has 0 unspecified atom stereocenters. The molecule has 1 aliphatic carbocycles. The van der Waals surface area contributed by atoms with Crippen LogP contribution in [-0.4, -0.2) is 23.7 Å². The molecule has 0 heterocycles. The summed E-state index contributed by atoms with van der Waals surface area (Å²) < 4.78 is 5.80. The van der Waals surface area contributed by atoms with Crippen LogP contribution in [0.2, 0.25) is 0 Å². The number of hydrogen-bond acceptors (Lipinski definition) is 4. The first-order valence-corrected chi connectivity index (χ1v) is 8.27. The van der Waals surface area contributed by atoms with Crippen LogP contribution < -0.4 is 5.32 Å². The first-order valence-electron chi connectivity index (χ1n) is 7.47. The summed E-state index contributed by atoms with van der Waals surface area (Å²) in [5.41, 5.74) is 1.13. The SMILES string of the molecule is CCOC(=O)C1CCC(NCc2ccc(O)c(Br)c2)CC1. The van der Waals surface area contributed by atoms with Crippen molar-refractivity contribution in [2.75, 3.05) is 6.61 Å². The molecule has 1 saturated carbocycles. The second kappa shape index (κ2) is 7.80. The maximum atomic E-state index is 11.7. The largest absolute Gasteiger partial charge is 0.507 e. The predicted octanol–water partition coefficient (Wildman–Crippen LogP) is 3.37. The van der Waals surface area contributed by atoms with Crippen molar-refractivity contribution in [3.05, 3.63) is 28.2 Å². The van der Waals surface area contributed by atoms with E-state index in [9.17, 15) is 9.90 Å². The van der Waals surface area contributed by atoms with Crippen LogP contribution in [0.25, 0.3) is 0 Å². The van der Waals surface area contributed by atoms with Gasteiger partial charge in [-0.25, -0.2) is 0 Å². The molecule has 21 heavy (non-hydrogen) atoms. The number of esters is 1. The molecule has 116 valence electrons. The third-order valence-corrected chi connectivity index (χ3v) is 4.59. The van der Waals surface area contributed by atoms with Gasteiger partial charge in [-0.05, 0) is 66.2 Å². The predicted molar refractivity (Wildman–Crippen MR) is 85.0 cm³/mol. The van der Waals surface area contributed by atoms with Gasteiger partial charge in [0.25, 0.3) is 0 Å². The summed E-state index contributed by atoms with van der Waals surface area (Å²) in [6, 6.07) is 5.98. The molecule has 5 heteroatoms. The standard InChI is InChI=1S/C16H22BrNO3/c1-2-21-16(20)12-4-6-13(7-5-12)18-10-11-3-8-15(19)14(17)9-11/h3,8-9,12-13,18-19H,2,4-7,10H2,1H3. The van der Waals surface area contributed by atoms with Gasteiger partial charge in [-0.2, -0.15) is 0 Å². The van der Waals surface area contributed by atoms with Crippen molar-refractivity contribution in [3.63, 3.8) is 0 Å². The second-order valence-corrected chi connectivity index (χ2v) is 6.32. The molecule has 0 radical (unpaired) electrons. The smallest absolute Gasteiger partial charge is 0.308 e. The van der Waals surface area contributed by atoms with Crippen LogP contribution in [-0.2, 0) is 16.1 Å². The second-order valence-electron chi connectivity index (χ2n) is 5.47. The van der Waals surface area contributed by atoms with E-state index in [0.717, 1.165) is 37.8 Å². The third-order valence-electron chi connectivity index (χ3n) is 3.95. The molecule has 0 atom stereocenters. The highest BCUT2D eigenvalue weighted by Gasteiger charge is 2.26. The van der Waals surface area contributed by atoms with Gasteiger partial charge in [-0.15, -0.1) is 0 Å². The average Bonchev–Trinajstić information content (AvgIpc) is 2.49. The lowest BCUT2D eigenvalue weighted by Crippen LogP contribution is -2.35.